The number of hydrogen-bond donors (Lipinski definition) is 2. The van der Waals surface area contributed by atoms with Crippen LogP contribution >= 0.6 is 0 Å². The van der Waals surface area contributed by atoms with Gasteiger partial charge in [-0.05, 0) is 42.7 Å². The maximum absolute atomic E-state index is 13.4. The van der Waals surface area contributed by atoms with Crippen LogP contribution in [-0.2, 0) is 0 Å². The molecule has 3 fully saturated rings. The van der Waals surface area contributed by atoms with E-state index in [0.717, 1.165) is 45.6 Å². The summed E-state index contributed by atoms with van der Waals surface area (Å²) < 4.78 is 11.8. The number of piperidine rings is 2. The Balaban J connectivity index is 1.18. The van der Waals surface area contributed by atoms with Crippen molar-refractivity contribution in [3.05, 3.63) is 41.7 Å². The molecule has 1 aliphatic carbocycles. The van der Waals surface area contributed by atoms with Crippen molar-refractivity contribution in [2.75, 3.05) is 44.7 Å². The molecular weight excluding hydrogens is 556 g/mol. The van der Waals surface area contributed by atoms with Gasteiger partial charge in [-0.2, -0.15) is 5.26 Å². The van der Waals surface area contributed by atoms with E-state index in [4.69, 9.17) is 9.47 Å². The third-order valence-electron chi connectivity index (χ3n) is 10.4. The second kappa shape index (κ2) is 12.5. The second-order valence-corrected chi connectivity index (χ2v) is 14.3. The number of hydrogen-bond acceptors (Lipinski definition) is 9. The van der Waals surface area contributed by atoms with Crippen molar-refractivity contribution in [2.24, 2.45) is 28.6 Å². The van der Waals surface area contributed by atoms with Crippen molar-refractivity contribution < 1.29 is 19.4 Å². The first kappa shape index (κ1) is 32.0. The minimum absolute atomic E-state index is 0.142. The largest absolute Gasteiger partial charge is 0.495 e. The van der Waals surface area contributed by atoms with Gasteiger partial charge >= 0.3 is 0 Å². The predicted molar refractivity (Wildman–Crippen MR) is 169 cm³/mol. The van der Waals surface area contributed by atoms with E-state index in [-0.39, 0.29) is 35.0 Å². The zero-order chi connectivity index (χ0) is 31.8. The number of nitrogens with one attached hydrogen (secondary N) is 1. The van der Waals surface area contributed by atoms with Crippen LogP contribution in [-0.4, -0.2) is 84.0 Å². The highest BCUT2D eigenvalue weighted by Gasteiger charge is 2.64. The third-order valence-corrected chi connectivity index (χ3v) is 10.4. The molecule has 0 spiro atoms. The van der Waals surface area contributed by atoms with Crippen LogP contribution in [0.15, 0.2) is 30.6 Å². The number of amides is 1. The van der Waals surface area contributed by atoms with Gasteiger partial charge in [0, 0.05) is 68.1 Å². The van der Waals surface area contributed by atoms with E-state index in [1.165, 1.54) is 7.11 Å². The molecule has 1 saturated carbocycles. The average molecular weight is 605 g/mol. The molecule has 10 nitrogen and oxygen atoms in total. The van der Waals surface area contributed by atoms with Gasteiger partial charge in [-0.1, -0.05) is 41.5 Å². The molecule has 44 heavy (non-hydrogen) atoms. The predicted octanol–water partition coefficient (Wildman–Crippen LogP) is 4.13. The van der Waals surface area contributed by atoms with Gasteiger partial charge in [0.15, 0.2) is 0 Å². The normalized spacial score (nSPS) is 28.4. The molecule has 10 heteroatoms. The summed E-state index contributed by atoms with van der Waals surface area (Å²) in [5.74, 6) is 3.12. The van der Waals surface area contributed by atoms with E-state index in [9.17, 15) is 15.2 Å². The van der Waals surface area contributed by atoms with E-state index < -0.39 is 0 Å². The van der Waals surface area contributed by atoms with Gasteiger partial charge in [0.1, 0.15) is 23.7 Å². The zero-order valence-corrected chi connectivity index (χ0v) is 27.2. The molecule has 2 unspecified atom stereocenters. The topological polar surface area (TPSA) is 124 Å². The third kappa shape index (κ3) is 6.22. The Morgan fingerprint density at radius 1 is 1.09 bits per heavy atom. The van der Waals surface area contributed by atoms with E-state index in [1.807, 2.05) is 0 Å². The minimum Gasteiger partial charge on any atom is -0.495 e. The van der Waals surface area contributed by atoms with Crippen LogP contribution in [0.3, 0.4) is 0 Å². The second-order valence-electron chi connectivity index (χ2n) is 14.3. The highest BCUT2D eigenvalue weighted by atomic mass is 16.5. The molecule has 5 rings (SSSR count). The van der Waals surface area contributed by atoms with Crippen LogP contribution in [0, 0.1) is 39.9 Å². The van der Waals surface area contributed by atoms with Crippen molar-refractivity contribution in [1.82, 2.24) is 20.2 Å². The lowest BCUT2D eigenvalue weighted by molar-refractivity contribution is -0.164. The van der Waals surface area contributed by atoms with Gasteiger partial charge in [-0.15, -0.1) is 0 Å². The maximum atomic E-state index is 13.4. The van der Waals surface area contributed by atoms with Crippen LogP contribution in [0.5, 0.6) is 11.5 Å². The van der Waals surface area contributed by atoms with E-state index >= 15 is 0 Å². The van der Waals surface area contributed by atoms with Gasteiger partial charge in [0.2, 0.25) is 5.95 Å². The van der Waals surface area contributed by atoms with Crippen molar-refractivity contribution >= 4 is 11.9 Å². The molecule has 238 valence electrons. The van der Waals surface area contributed by atoms with Crippen LogP contribution in [0.4, 0.5) is 5.95 Å². The van der Waals surface area contributed by atoms with Gasteiger partial charge in [-0.25, -0.2) is 9.97 Å². The van der Waals surface area contributed by atoms with Crippen molar-refractivity contribution in [2.45, 2.75) is 72.6 Å². The Morgan fingerprint density at radius 3 is 2.27 bits per heavy atom. The Hall–Kier alpha value is -3.42. The average Bonchev–Trinajstić information content (AvgIpc) is 3.00. The molecule has 1 aromatic carbocycles. The number of rotatable bonds is 8. The molecule has 2 aliphatic heterocycles. The van der Waals surface area contributed by atoms with Crippen LogP contribution in [0.1, 0.15) is 70.3 Å². The van der Waals surface area contributed by atoms with Crippen molar-refractivity contribution in [1.29, 1.82) is 5.26 Å². The highest BCUT2D eigenvalue weighted by Crippen LogP contribution is 2.55. The number of aliphatic hydroxyl groups excluding tert-OH is 1. The summed E-state index contributed by atoms with van der Waals surface area (Å²) in [5.41, 5.74) is 0.177. The summed E-state index contributed by atoms with van der Waals surface area (Å²) in [6.07, 6.45) is 4.68. The quantitative estimate of drug-likeness (QED) is 0.458. The van der Waals surface area contributed by atoms with Crippen molar-refractivity contribution in [3.8, 4) is 17.6 Å². The number of aromatic nitrogens is 2. The van der Waals surface area contributed by atoms with E-state index in [1.54, 1.807) is 30.6 Å². The first-order chi connectivity index (χ1) is 20.8. The number of ether oxygens (including phenoxy) is 2. The van der Waals surface area contributed by atoms with E-state index in [2.05, 4.69) is 72.7 Å². The Morgan fingerprint density at radius 2 is 1.70 bits per heavy atom. The van der Waals surface area contributed by atoms with Crippen LogP contribution in [0.2, 0.25) is 0 Å². The number of aliphatic hydroxyl groups is 1. The maximum Gasteiger partial charge on any atom is 0.254 e. The number of nitrogens with zero attached hydrogens (tertiary/aromatic N) is 5. The molecule has 2 saturated heterocycles. The Kier molecular flexibility index (Phi) is 9.11. The fraction of sp³-hybridized carbons (Fsp3) is 0.647. The monoisotopic (exact) mass is 604 g/mol. The lowest BCUT2D eigenvalue weighted by atomic mass is 9.49. The van der Waals surface area contributed by atoms with Gasteiger partial charge in [0.05, 0.1) is 24.3 Å². The Labute approximate surface area is 261 Å². The lowest BCUT2D eigenvalue weighted by Crippen LogP contribution is -2.74. The standard InChI is InChI=1S/C34H48N6O4/c1-21-18-40(19-22(2)27(21)20-39-12-10-25(41)11-13-39)32-36-16-24(17-37-32)29(42)38-30-33(3,4)31(34(30,5)6)44-26-9-8-23(15-35)28(14-26)43-7/h8-9,14,16-17,21-22,25,27,30-31,41H,10-13,18-20H2,1-7H3,(H,38,42). The fourth-order valence-corrected chi connectivity index (χ4v) is 8.11. The summed E-state index contributed by atoms with van der Waals surface area (Å²) in [6.45, 7) is 17.8. The lowest BCUT2D eigenvalue weighted by Gasteiger charge is -2.63. The number of carbonyl (C=O) groups excluding carboxylic acids is 1. The highest BCUT2D eigenvalue weighted by molar-refractivity contribution is 5.94. The number of anilines is 1. The molecule has 3 heterocycles. The number of likely N-dealkylation sites (tertiary alicyclic amines) is 1. The summed E-state index contributed by atoms with van der Waals surface area (Å²) in [5, 5.41) is 22.4. The molecule has 2 aromatic rings. The smallest absolute Gasteiger partial charge is 0.254 e. The number of methoxy groups -OCH3 is 1. The molecular formula is C34H48N6O4. The van der Waals surface area contributed by atoms with E-state index in [0.29, 0.717) is 46.3 Å². The first-order valence-corrected chi connectivity index (χ1v) is 15.9. The van der Waals surface area contributed by atoms with Gasteiger partial charge in [0.25, 0.3) is 5.91 Å². The SMILES string of the molecule is COc1cc(OC2C(C)(C)C(NC(=O)c3cnc(N4CC(C)C(CN5CCC(O)CC5)C(C)C4)nc3)C2(C)C)ccc1C#N. The summed E-state index contributed by atoms with van der Waals surface area (Å²) in [6, 6.07) is 7.20. The molecule has 0 bridgehead atoms. The zero-order valence-electron chi connectivity index (χ0n) is 27.2. The Bertz CT molecular complexity index is 1340. The van der Waals surface area contributed by atoms with Gasteiger partial charge < -0.3 is 29.7 Å². The van der Waals surface area contributed by atoms with Crippen LogP contribution < -0.4 is 19.7 Å². The summed E-state index contributed by atoms with van der Waals surface area (Å²) in [7, 11) is 1.53. The van der Waals surface area contributed by atoms with Crippen LogP contribution in [0.25, 0.3) is 0 Å². The molecule has 3 aliphatic rings. The summed E-state index contributed by atoms with van der Waals surface area (Å²) in [4.78, 5) is 27.4. The minimum atomic E-state index is -0.355. The number of benzene rings is 1. The number of carbonyl (C=O) groups is 1. The number of nitriles is 1. The molecule has 1 amide bonds. The molecule has 0 radical (unpaired) electrons. The molecule has 2 N–H and O–H groups in total. The molecule has 2 atom stereocenters. The molecule has 1 aromatic heterocycles. The fourth-order valence-electron chi connectivity index (χ4n) is 8.11. The van der Waals surface area contributed by atoms with Crippen molar-refractivity contribution in [3.63, 3.8) is 0 Å². The summed E-state index contributed by atoms with van der Waals surface area (Å²) >= 11 is 0. The van der Waals surface area contributed by atoms with Gasteiger partial charge in [-0.3, -0.25) is 4.79 Å². The first-order valence-electron chi connectivity index (χ1n) is 15.9.